The van der Waals surface area contributed by atoms with Crippen molar-refractivity contribution in [3.8, 4) is 16.8 Å². The second-order valence-electron chi connectivity index (χ2n) is 14.8. The van der Waals surface area contributed by atoms with Gasteiger partial charge < -0.3 is 13.7 Å². The van der Waals surface area contributed by atoms with Crippen molar-refractivity contribution in [3.63, 3.8) is 0 Å². The van der Waals surface area contributed by atoms with Crippen molar-refractivity contribution < 1.29 is 9.13 Å². The van der Waals surface area contributed by atoms with Crippen molar-refractivity contribution in [2.75, 3.05) is 0 Å². The first kappa shape index (κ1) is 37.8. The van der Waals surface area contributed by atoms with Gasteiger partial charge in [0.2, 0.25) is 0 Å². The van der Waals surface area contributed by atoms with Gasteiger partial charge in [0.1, 0.15) is 0 Å². The highest BCUT2D eigenvalue weighted by Gasteiger charge is 2.32. The third-order valence-corrected chi connectivity index (χ3v) is 18.4. The van der Waals surface area contributed by atoms with Crippen LogP contribution in [0.2, 0.25) is 0 Å². The molecule has 6 heteroatoms. The molecule has 3 nitrogen and oxygen atoms in total. The van der Waals surface area contributed by atoms with E-state index in [1.807, 2.05) is 146 Å². The van der Waals surface area contributed by atoms with Gasteiger partial charge in [0.05, 0.1) is 11.0 Å². The maximum absolute atomic E-state index is 15.6. The highest BCUT2D eigenvalue weighted by atomic mass is 32.2. The quantitative estimate of drug-likeness (QED) is 0.129. The largest absolute Gasteiger partial charge is 0.309 e. The first-order valence-electron chi connectivity index (χ1n) is 20.0. The molecule has 0 unspecified atom stereocenters. The molecular formula is C54H39NO2P2S. The lowest BCUT2D eigenvalue weighted by Gasteiger charge is -2.21. The molecule has 60 heavy (non-hydrogen) atoms. The van der Waals surface area contributed by atoms with Crippen LogP contribution in [0.1, 0.15) is 0 Å². The first-order valence-corrected chi connectivity index (χ1v) is 24.2. The highest BCUT2D eigenvalue weighted by molar-refractivity contribution is 7.99. The standard InChI is InChI=1S/C54H39NO2P2S/c56-58(43-18-8-2-9-19-43,44-20-10-3-11-21-44)47-30-28-42(29-31-47)55-53-36-32-48(59(57,45-22-12-4-13-23-45)46-24-14-5-15-25-46)38-51(53)52-39-50(35-37-54(52)55)60-49-33-26-41(27-34-49)40-16-6-1-7-17-40/h1-39H. The molecule has 9 aromatic carbocycles. The van der Waals surface area contributed by atoms with E-state index in [0.29, 0.717) is 0 Å². The number of benzene rings is 9. The Bertz CT molecular complexity index is 3100. The van der Waals surface area contributed by atoms with Crippen molar-refractivity contribution in [1.82, 2.24) is 4.57 Å². The lowest BCUT2D eigenvalue weighted by molar-refractivity contribution is 0.591. The maximum atomic E-state index is 15.6. The molecule has 0 aliphatic heterocycles. The molecule has 0 aliphatic carbocycles. The van der Waals surface area contributed by atoms with E-state index in [4.69, 9.17) is 0 Å². The molecule has 0 radical (unpaired) electrons. The van der Waals surface area contributed by atoms with Crippen LogP contribution in [0.5, 0.6) is 0 Å². The molecule has 288 valence electrons. The molecule has 1 aromatic heterocycles. The lowest BCUT2D eigenvalue weighted by Crippen LogP contribution is -2.25. The van der Waals surface area contributed by atoms with E-state index in [-0.39, 0.29) is 0 Å². The van der Waals surface area contributed by atoms with Gasteiger partial charge in [0, 0.05) is 58.1 Å². The third-order valence-electron chi connectivity index (χ3n) is 11.2. The van der Waals surface area contributed by atoms with Crippen LogP contribution in [0, 0.1) is 0 Å². The van der Waals surface area contributed by atoms with Gasteiger partial charge in [-0.15, -0.1) is 0 Å². The molecule has 0 spiro atoms. The van der Waals surface area contributed by atoms with Gasteiger partial charge in [-0.1, -0.05) is 176 Å². The fourth-order valence-corrected chi connectivity index (χ4v) is 14.4. The molecule has 0 saturated heterocycles. The van der Waals surface area contributed by atoms with Crippen LogP contribution in [0.25, 0.3) is 38.6 Å². The predicted molar refractivity (Wildman–Crippen MR) is 256 cm³/mol. The fourth-order valence-electron chi connectivity index (χ4n) is 8.27. The van der Waals surface area contributed by atoms with Crippen LogP contribution >= 0.6 is 26.0 Å². The van der Waals surface area contributed by atoms with Gasteiger partial charge in [-0.3, -0.25) is 0 Å². The minimum absolute atomic E-state index is 0.773. The first-order chi connectivity index (χ1) is 29.5. The Balaban J connectivity index is 1.13. The summed E-state index contributed by atoms with van der Waals surface area (Å²) in [4.78, 5) is 2.25. The van der Waals surface area contributed by atoms with E-state index in [0.717, 1.165) is 69.1 Å². The molecule has 0 amide bonds. The minimum Gasteiger partial charge on any atom is -0.309 e. The van der Waals surface area contributed by atoms with Crippen LogP contribution in [0.3, 0.4) is 0 Å². The van der Waals surface area contributed by atoms with Gasteiger partial charge in [-0.05, 0) is 83.9 Å². The van der Waals surface area contributed by atoms with Crippen molar-refractivity contribution in [1.29, 1.82) is 0 Å². The molecule has 0 bridgehead atoms. The summed E-state index contributed by atoms with van der Waals surface area (Å²) >= 11 is 1.73. The second-order valence-corrected chi connectivity index (χ2v) is 21.5. The van der Waals surface area contributed by atoms with Gasteiger partial charge in [-0.2, -0.15) is 0 Å². The normalized spacial score (nSPS) is 11.9. The van der Waals surface area contributed by atoms with Gasteiger partial charge in [0.15, 0.2) is 14.3 Å². The van der Waals surface area contributed by atoms with Gasteiger partial charge in [0.25, 0.3) is 0 Å². The number of hydrogen-bond acceptors (Lipinski definition) is 3. The van der Waals surface area contributed by atoms with Gasteiger partial charge in [-0.25, -0.2) is 0 Å². The van der Waals surface area contributed by atoms with Crippen LogP contribution in [-0.2, 0) is 9.13 Å². The van der Waals surface area contributed by atoms with E-state index in [1.54, 1.807) is 11.8 Å². The predicted octanol–water partition coefficient (Wildman–Crippen LogP) is 11.9. The Labute approximate surface area is 354 Å². The summed E-state index contributed by atoms with van der Waals surface area (Å²) in [5.74, 6) is 0. The second kappa shape index (κ2) is 16.0. The molecule has 0 fully saturated rings. The topological polar surface area (TPSA) is 39.1 Å². The molecule has 10 rings (SSSR count). The number of rotatable bonds is 10. The number of hydrogen-bond donors (Lipinski definition) is 0. The summed E-state index contributed by atoms with van der Waals surface area (Å²) in [5.41, 5.74) is 5.35. The zero-order chi connectivity index (χ0) is 40.5. The highest BCUT2D eigenvalue weighted by Crippen LogP contribution is 2.46. The Morgan fingerprint density at radius 1 is 0.317 bits per heavy atom. The average Bonchev–Trinajstić information content (AvgIpc) is 3.65. The monoisotopic (exact) mass is 827 g/mol. The molecule has 0 aliphatic rings. The van der Waals surface area contributed by atoms with E-state index in [9.17, 15) is 0 Å². The zero-order valence-electron chi connectivity index (χ0n) is 32.6. The SMILES string of the molecule is O=P(c1ccccc1)(c1ccccc1)c1ccc(-n2c3ccc(Sc4ccc(-c5ccccc5)cc4)cc3c3cc(P(=O)(c4ccccc4)c4ccccc4)ccc32)cc1. The number of aromatic nitrogens is 1. The Kier molecular flexibility index (Phi) is 10.1. The molecule has 0 N–H and O–H groups in total. The van der Waals surface area contributed by atoms with Crippen LogP contribution in [0.15, 0.2) is 246 Å². The van der Waals surface area contributed by atoms with Crippen molar-refractivity contribution in [3.05, 3.63) is 237 Å². The summed E-state index contributed by atoms with van der Waals surface area (Å²) in [6, 6.07) is 79.5. The van der Waals surface area contributed by atoms with Crippen molar-refractivity contribution >= 4 is 79.7 Å². The fraction of sp³-hybridized carbons (Fsp3) is 0. The zero-order valence-corrected chi connectivity index (χ0v) is 35.2. The van der Waals surface area contributed by atoms with Crippen LogP contribution in [-0.4, -0.2) is 4.57 Å². The number of nitrogens with zero attached hydrogens (tertiary/aromatic N) is 1. The minimum atomic E-state index is -3.25. The van der Waals surface area contributed by atoms with Crippen molar-refractivity contribution in [2.24, 2.45) is 0 Å². The Morgan fingerprint density at radius 2 is 0.683 bits per heavy atom. The van der Waals surface area contributed by atoms with E-state index in [2.05, 4.69) is 95.6 Å². The van der Waals surface area contributed by atoms with E-state index in [1.165, 1.54) is 11.1 Å². The molecular weight excluding hydrogens is 789 g/mol. The lowest BCUT2D eigenvalue weighted by atomic mass is 10.1. The third kappa shape index (κ3) is 6.78. The molecule has 0 atom stereocenters. The smallest absolute Gasteiger partial charge is 0.171 e. The Morgan fingerprint density at radius 3 is 1.18 bits per heavy atom. The van der Waals surface area contributed by atoms with Crippen molar-refractivity contribution in [2.45, 2.75) is 9.79 Å². The Hall–Kier alpha value is -6.41. The molecule has 1 heterocycles. The average molecular weight is 828 g/mol. The summed E-state index contributed by atoms with van der Waals surface area (Å²) in [7, 11) is -6.40. The summed E-state index contributed by atoms with van der Waals surface area (Å²) in [5, 5.41) is 6.83. The van der Waals surface area contributed by atoms with E-state index >= 15 is 9.13 Å². The number of fused-ring (bicyclic) bond motifs is 3. The van der Waals surface area contributed by atoms with E-state index < -0.39 is 14.3 Å². The maximum Gasteiger partial charge on any atom is 0.171 e. The molecule has 0 saturated carbocycles. The van der Waals surface area contributed by atoms with Crippen LogP contribution in [0.4, 0.5) is 0 Å². The summed E-state index contributed by atoms with van der Waals surface area (Å²) in [6.07, 6.45) is 0. The summed E-state index contributed by atoms with van der Waals surface area (Å²) < 4.78 is 33.2. The van der Waals surface area contributed by atoms with Crippen LogP contribution < -0.4 is 31.8 Å². The molecule has 10 aromatic rings. The van der Waals surface area contributed by atoms with Gasteiger partial charge >= 0.3 is 0 Å². The summed E-state index contributed by atoms with van der Waals surface area (Å²) in [6.45, 7) is 0.